The average molecular weight is 552 g/mol. The Kier molecular flexibility index (Phi) is 9.45. The number of aliphatic hydroxyl groups excluding tert-OH is 1. The predicted molar refractivity (Wildman–Crippen MR) is 121 cm³/mol. The van der Waals surface area contributed by atoms with Crippen LogP contribution in [0.25, 0.3) is 10.1 Å². The van der Waals surface area contributed by atoms with E-state index in [-0.39, 0.29) is 32.0 Å². The van der Waals surface area contributed by atoms with Gasteiger partial charge in [0.2, 0.25) is 5.91 Å². The van der Waals surface area contributed by atoms with Gasteiger partial charge in [-0.25, -0.2) is 0 Å². The van der Waals surface area contributed by atoms with Gasteiger partial charge in [0, 0.05) is 19.5 Å². The minimum Gasteiger partial charge on any atom is -0.490 e. The third-order valence-electron chi connectivity index (χ3n) is 4.42. The van der Waals surface area contributed by atoms with Gasteiger partial charge in [0.1, 0.15) is 18.5 Å². The molecule has 1 aromatic carbocycles. The SMILES string of the molecule is CN(CC(O)COc1cccc2sncc12)C(C)(I)CNC(=O)CCCO[N+](=O)[O-]. The quantitative estimate of drug-likeness (QED) is 0.0968. The number of alkyl halides is 1. The smallest absolute Gasteiger partial charge is 0.294 e. The maximum atomic E-state index is 11.9. The Bertz CT molecular complexity index is 849. The molecule has 30 heavy (non-hydrogen) atoms. The second-order valence-electron chi connectivity index (χ2n) is 6.92. The molecule has 0 spiro atoms. The van der Waals surface area contributed by atoms with E-state index in [9.17, 15) is 20.0 Å². The molecule has 0 radical (unpaired) electrons. The van der Waals surface area contributed by atoms with Gasteiger partial charge in [-0.15, -0.1) is 10.1 Å². The Morgan fingerprint density at radius 1 is 1.53 bits per heavy atom. The first kappa shape index (κ1) is 24.5. The molecule has 0 aliphatic heterocycles. The topological polar surface area (TPSA) is 127 Å². The van der Waals surface area contributed by atoms with Crippen LogP contribution in [0.15, 0.2) is 24.4 Å². The van der Waals surface area contributed by atoms with Crippen molar-refractivity contribution >= 4 is 50.1 Å². The van der Waals surface area contributed by atoms with Crippen LogP contribution in [0.3, 0.4) is 0 Å². The van der Waals surface area contributed by atoms with Crippen LogP contribution in [0.1, 0.15) is 19.8 Å². The summed E-state index contributed by atoms with van der Waals surface area (Å²) in [4.78, 5) is 28.1. The zero-order valence-corrected chi connectivity index (χ0v) is 19.7. The average Bonchev–Trinajstić information content (AvgIpc) is 3.17. The van der Waals surface area contributed by atoms with Crippen molar-refractivity contribution in [3.8, 4) is 5.75 Å². The minimum atomic E-state index is -0.874. The molecule has 1 amide bonds. The van der Waals surface area contributed by atoms with Crippen molar-refractivity contribution in [3.63, 3.8) is 0 Å². The lowest BCUT2D eigenvalue weighted by Crippen LogP contribution is -2.50. The van der Waals surface area contributed by atoms with Gasteiger partial charge in [-0.05, 0) is 44.1 Å². The lowest BCUT2D eigenvalue weighted by atomic mass is 10.2. The fraction of sp³-hybridized carbons (Fsp3) is 0.556. The molecule has 0 saturated heterocycles. The molecular weight excluding hydrogens is 527 g/mol. The summed E-state index contributed by atoms with van der Waals surface area (Å²) in [5.41, 5.74) is 0. The van der Waals surface area contributed by atoms with Gasteiger partial charge in [0.05, 0.1) is 26.4 Å². The van der Waals surface area contributed by atoms with Crippen molar-refractivity contribution in [1.29, 1.82) is 0 Å². The van der Waals surface area contributed by atoms with E-state index >= 15 is 0 Å². The summed E-state index contributed by atoms with van der Waals surface area (Å²) in [5.74, 6) is 0.480. The number of ether oxygens (including phenoxy) is 1. The Hall–Kier alpha value is -1.77. The third kappa shape index (κ3) is 7.81. The molecular formula is C18H25IN4O6S. The molecule has 1 aromatic heterocycles. The highest BCUT2D eigenvalue weighted by molar-refractivity contribution is 14.1. The minimum absolute atomic E-state index is 0.108. The molecule has 2 atom stereocenters. The molecule has 2 unspecified atom stereocenters. The van der Waals surface area contributed by atoms with E-state index in [1.54, 1.807) is 6.20 Å². The first-order valence-corrected chi connectivity index (χ1v) is 11.1. The molecule has 0 aliphatic carbocycles. The first-order valence-electron chi connectivity index (χ1n) is 9.27. The van der Waals surface area contributed by atoms with Crippen LogP contribution >= 0.6 is 34.1 Å². The van der Waals surface area contributed by atoms with Gasteiger partial charge >= 0.3 is 0 Å². The maximum absolute atomic E-state index is 11.9. The lowest BCUT2D eigenvalue weighted by Gasteiger charge is -2.35. The van der Waals surface area contributed by atoms with Gasteiger partial charge < -0.3 is 20.0 Å². The molecule has 2 N–H and O–H groups in total. The monoisotopic (exact) mass is 552 g/mol. The standard InChI is InChI=1S/C18H25IN4O6S/c1-18(19,12-20-17(25)7-4-8-29-23(26)27)22(2)10-13(24)11-28-15-5-3-6-16-14(15)9-21-30-16/h3,5-6,9,13,24H,4,7-8,10-12H2,1-2H3,(H,20,25). The van der Waals surface area contributed by atoms with Gasteiger partial charge in [0.25, 0.3) is 5.09 Å². The summed E-state index contributed by atoms with van der Waals surface area (Å²) in [6.07, 6.45) is 1.44. The van der Waals surface area contributed by atoms with Crippen LogP contribution in [0.4, 0.5) is 0 Å². The molecule has 10 nitrogen and oxygen atoms in total. The molecule has 2 rings (SSSR count). The van der Waals surface area contributed by atoms with Crippen molar-refractivity contribution in [1.82, 2.24) is 14.6 Å². The Morgan fingerprint density at radius 2 is 2.30 bits per heavy atom. The molecule has 2 aromatic rings. The molecule has 0 aliphatic rings. The number of benzene rings is 1. The summed E-state index contributed by atoms with van der Waals surface area (Å²) in [7, 11) is 1.86. The fourth-order valence-electron chi connectivity index (χ4n) is 2.59. The van der Waals surface area contributed by atoms with Gasteiger partial charge in [0.15, 0.2) is 0 Å². The molecule has 0 saturated carbocycles. The molecule has 1 heterocycles. The van der Waals surface area contributed by atoms with Crippen molar-refractivity contribution < 1.29 is 24.6 Å². The summed E-state index contributed by atoms with van der Waals surface area (Å²) in [5, 5.41) is 23.3. The summed E-state index contributed by atoms with van der Waals surface area (Å²) < 4.78 is 10.5. The van der Waals surface area contributed by atoms with E-state index in [1.165, 1.54) is 11.5 Å². The number of aromatic nitrogens is 1. The number of amides is 1. The largest absolute Gasteiger partial charge is 0.490 e. The number of fused-ring (bicyclic) bond motifs is 1. The number of rotatable bonds is 13. The second kappa shape index (κ2) is 11.6. The van der Waals surface area contributed by atoms with Crippen molar-refractivity contribution in [3.05, 3.63) is 34.5 Å². The molecule has 0 fully saturated rings. The molecule has 12 heteroatoms. The molecule has 166 valence electrons. The first-order chi connectivity index (χ1) is 14.2. The summed E-state index contributed by atoms with van der Waals surface area (Å²) in [6.45, 7) is 2.67. The van der Waals surface area contributed by atoms with Gasteiger partial charge in [-0.1, -0.05) is 28.7 Å². The van der Waals surface area contributed by atoms with E-state index in [0.29, 0.717) is 18.8 Å². The summed E-state index contributed by atoms with van der Waals surface area (Å²) >= 11 is 3.60. The lowest BCUT2D eigenvalue weighted by molar-refractivity contribution is -0.757. The van der Waals surface area contributed by atoms with E-state index < -0.39 is 14.7 Å². The van der Waals surface area contributed by atoms with E-state index in [0.717, 1.165) is 10.1 Å². The maximum Gasteiger partial charge on any atom is 0.294 e. The Morgan fingerprint density at radius 3 is 3.03 bits per heavy atom. The fourth-order valence-corrected chi connectivity index (χ4v) is 3.64. The van der Waals surface area contributed by atoms with Crippen molar-refractivity contribution in [2.75, 3.05) is 33.4 Å². The van der Waals surface area contributed by atoms with Gasteiger partial charge in [-0.3, -0.25) is 9.69 Å². The van der Waals surface area contributed by atoms with Crippen LogP contribution < -0.4 is 10.1 Å². The Balaban J connectivity index is 1.73. The number of carbonyl (C=O) groups excluding carboxylic acids is 1. The van der Waals surface area contributed by atoms with E-state index in [4.69, 9.17) is 4.74 Å². The number of carbonyl (C=O) groups is 1. The normalized spacial score (nSPS) is 14.3. The van der Waals surface area contributed by atoms with Crippen LogP contribution in [0.5, 0.6) is 5.75 Å². The third-order valence-corrected chi connectivity index (χ3v) is 6.39. The number of aliphatic hydroxyl groups is 1. The second-order valence-corrected chi connectivity index (χ2v) is 10.1. The molecule has 0 bridgehead atoms. The van der Waals surface area contributed by atoms with E-state index in [2.05, 4.69) is 37.1 Å². The number of nitrogens with zero attached hydrogens (tertiary/aromatic N) is 3. The van der Waals surface area contributed by atoms with Crippen molar-refractivity contribution in [2.24, 2.45) is 0 Å². The van der Waals surface area contributed by atoms with Crippen molar-refractivity contribution in [2.45, 2.75) is 29.4 Å². The number of nitrogens with one attached hydrogen (secondary N) is 1. The number of likely N-dealkylation sites (N-methyl/N-ethyl adjacent to an activating group) is 1. The number of hydrogen-bond donors (Lipinski definition) is 2. The van der Waals surface area contributed by atoms with Crippen LogP contribution in [0, 0.1) is 10.1 Å². The van der Waals surface area contributed by atoms with Gasteiger partial charge in [-0.2, -0.15) is 4.37 Å². The number of halogens is 1. The van der Waals surface area contributed by atoms with Crippen LogP contribution in [-0.2, 0) is 9.63 Å². The summed E-state index contributed by atoms with van der Waals surface area (Å²) in [6, 6.07) is 5.71. The highest BCUT2D eigenvalue weighted by Crippen LogP contribution is 2.28. The zero-order valence-electron chi connectivity index (χ0n) is 16.7. The Labute approximate surface area is 191 Å². The zero-order chi connectivity index (χ0) is 22.1. The number of hydrogen-bond acceptors (Lipinski definition) is 9. The highest BCUT2D eigenvalue weighted by atomic mass is 127. The highest BCUT2D eigenvalue weighted by Gasteiger charge is 2.28. The van der Waals surface area contributed by atoms with Crippen LogP contribution in [-0.4, -0.2) is 68.4 Å². The van der Waals surface area contributed by atoms with E-state index in [1.807, 2.05) is 37.1 Å². The van der Waals surface area contributed by atoms with Crippen LogP contribution in [0.2, 0.25) is 0 Å². The predicted octanol–water partition coefficient (Wildman–Crippen LogP) is 2.22.